The van der Waals surface area contributed by atoms with Crippen molar-refractivity contribution in [2.75, 3.05) is 0 Å². The van der Waals surface area contributed by atoms with E-state index in [0.717, 1.165) is 51.4 Å². The lowest BCUT2D eigenvalue weighted by molar-refractivity contribution is 0.0196. The molecule has 1 aromatic rings. The van der Waals surface area contributed by atoms with E-state index in [1.807, 2.05) is 0 Å². The number of hydrogen-bond donors (Lipinski definition) is 0. The Morgan fingerprint density at radius 3 is 1.29 bits per heavy atom. The molecule has 130 valence electrons. The average molecular weight is 330 g/mol. The SMILES string of the molecule is O=C(OC1CCCCC1)c1ccc(C(=O)OC2CCCCC2)cc1. The van der Waals surface area contributed by atoms with Gasteiger partial charge in [-0.3, -0.25) is 0 Å². The van der Waals surface area contributed by atoms with Gasteiger partial charge in [0, 0.05) is 0 Å². The summed E-state index contributed by atoms with van der Waals surface area (Å²) in [5.41, 5.74) is 0.990. The summed E-state index contributed by atoms with van der Waals surface area (Å²) in [6, 6.07) is 6.62. The van der Waals surface area contributed by atoms with Crippen LogP contribution < -0.4 is 0 Å². The van der Waals surface area contributed by atoms with Crippen LogP contribution >= 0.6 is 0 Å². The smallest absolute Gasteiger partial charge is 0.338 e. The van der Waals surface area contributed by atoms with Gasteiger partial charge in [-0.2, -0.15) is 0 Å². The molecule has 4 heteroatoms. The highest BCUT2D eigenvalue weighted by Crippen LogP contribution is 2.23. The van der Waals surface area contributed by atoms with Gasteiger partial charge in [0.05, 0.1) is 11.1 Å². The largest absolute Gasteiger partial charge is 0.459 e. The fraction of sp³-hybridized carbons (Fsp3) is 0.600. The number of ether oxygens (including phenoxy) is 2. The minimum atomic E-state index is -0.297. The van der Waals surface area contributed by atoms with Crippen LogP contribution in [0.15, 0.2) is 24.3 Å². The van der Waals surface area contributed by atoms with Crippen molar-refractivity contribution in [3.05, 3.63) is 35.4 Å². The topological polar surface area (TPSA) is 52.6 Å². The first kappa shape index (κ1) is 17.0. The van der Waals surface area contributed by atoms with Gasteiger partial charge in [-0.05, 0) is 75.6 Å². The number of rotatable bonds is 4. The lowest BCUT2D eigenvalue weighted by Gasteiger charge is -2.22. The normalized spacial score (nSPS) is 19.7. The Labute approximate surface area is 143 Å². The van der Waals surface area contributed by atoms with Gasteiger partial charge < -0.3 is 9.47 Å². The molecule has 0 aromatic heterocycles. The molecule has 2 aliphatic rings. The second-order valence-electron chi connectivity index (χ2n) is 6.91. The van der Waals surface area contributed by atoms with Gasteiger partial charge in [0.15, 0.2) is 0 Å². The van der Waals surface area contributed by atoms with E-state index >= 15 is 0 Å². The molecule has 1 aromatic carbocycles. The number of benzene rings is 1. The maximum Gasteiger partial charge on any atom is 0.338 e. The first-order chi connectivity index (χ1) is 11.7. The molecular weight excluding hydrogens is 304 g/mol. The van der Waals surface area contributed by atoms with E-state index in [1.165, 1.54) is 12.8 Å². The lowest BCUT2D eigenvalue weighted by atomic mass is 9.97. The standard InChI is InChI=1S/C20H26O4/c21-19(23-17-7-3-1-4-8-17)15-11-13-16(14-12-15)20(22)24-18-9-5-2-6-10-18/h11-14,17-18H,1-10H2. The van der Waals surface area contributed by atoms with Crippen molar-refractivity contribution in [1.82, 2.24) is 0 Å². The zero-order valence-electron chi connectivity index (χ0n) is 14.2. The van der Waals surface area contributed by atoms with E-state index < -0.39 is 0 Å². The Balaban J connectivity index is 1.53. The van der Waals surface area contributed by atoms with Crippen LogP contribution in [-0.2, 0) is 9.47 Å². The number of esters is 2. The molecule has 0 amide bonds. The third kappa shape index (κ3) is 4.59. The summed E-state index contributed by atoms with van der Waals surface area (Å²) >= 11 is 0. The fourth-order valence-corrected chi connectivity index (χ4v) is 3.55. The van der Waals surface area contributed by atoms with Crippen LogP contribution in [0, 0.1) is 0 Å². The molecule has 0 saturated heterocycles. The van der Waals surface area contributed by atoms with Gasteiger partial charge in [0.25, 0.3) is 0 Å². The van der Waals surface area contributed by atoms with Crippen molar-refractivity contribution >= 4 is 11.9 Å². The predicted molar refractivity (Wildman–Crippen MR) is 91.0 cm³/mol. The number of carbonyl (C=O) groups excluding carboxylic acids is 2. The molecule has 0 atom stereocenters. The van der Waals surface area contributed by atoms with Gasteiger partial charge >= 0.3 is 11.9 Å². The molecule has 2 saturated carbocycles. The zero-order chi connectivity index (χ0) is 16.8. The van der Waals surface area contributed by atoms with E-state index in [0.29, 0.717) is 11.1 Å². The highest BCUT2D eigenvalue weighted by Gasteiger charge is 2.21. The Morgan fingerprint density at radius 1 is 0.625 bits per heavy atom. The third-order valence-electron chi connectivity index (χ3n) is 5.01. The second-order valence-corrected chi connectivity index (χ2v) is 6.91. The summed E-state index contributed by atoms with van der Waals surface area (Å²) in [7, 11) is 0. The van der Waals surface area contributed by atoms with Gasteiger partial charge in [0.1, 0.15) is 12.2 Å². The average Bonchev–Trinajstić information content (AvgIpc) is 2.63. The van der Waals surface area contributed by atoms with Crippen LogP contribution in [0.2, 0.25) is 0 Å². The van der Waals surface area contributed by atoms with E-state index in [1.54, 1.807) is 24.3 Å². The Morgan fingerprint density at radius 2 is 0.958 bits per heavy atom. The molecular formula is C20H26O4. The molecule has 0 N–H and O–H groups in total. The maximum absolute atomic E-state index is 12.2. The van der Waals surface area contributed by atoms with Gasteiger partial charge in [-0.25, -0.2) is 9.59 Å². The summed E-state index contributed by atoms with van der Waals surface area (Å²) in [5.74, 6) is -0.594. The first-order valence-corrected chi connectivity index (χ1v) is 9.24. The van der Waals surface area contributed by atoms with Crippen LogP contribution in [0.3, 0.4) is 0 Å². The molecule has 2 fully saturated rings. The molecule has 0 aliphatic heterocycles. The highest BCUT2D eigenvalue weighted by atomic mass is 16.5. The second kappa shape index (κ2) is 8.32. The maximum atomic E-state index is 12.2. The van der Waals surface area contributed by atoms with E-state index in [9.17, 15) is 9.59 Å². The van der Waals surface area contributed by atoms with Crippen LogP contribution in [0.25, 0.3) is 0 Å². The zero-order valence-corrected chi connectivity index (χ0v) is 14.2. The first-order valence-electron chi connectivity index (χ1n) is 9.24. The van der Waals surface area contributed by atoms with Gasteiger partial charge in [-0.1, -0.05) is 12.8 Å². The Hall–Kier alpha value is -1.84. The van der Waals surface area contributed by atoms with Crippen LogP contribution in [0.1, 0.15) is 84.9 Å². The molecule has 4 nitrogen and oxygen atoms in total. The Bertz CT molecular complexity index is 501. The van der Waals surface area contributed by atoms with E-state index in [4.69, 9.17) is 9.47 Å². The van der Waals surface area contributed by atoms with Crippen molar-refractivity contribution in [1.29, 1.82) is 0 Å². The summed E-state index contributed by atoms with van der Waals surface area (Å²) < 4.78 is 11.1. The van der Waals surface area contributed by atoms with Crippen molar-refractivity contribution < 1.29 is 19.1 Å². The van der Waals surface area contributed by atoms with Crippen LogP contribution in [0.5, 0.6) is 0 Å². The number of hydrogen-bond acceptors (Lipinski definition) is 4. The molecule has 0 bridgehead atoms. The molecule has 0 radical (unpaired) electrons. The monoisotopic (exact) mass is 330 g/mol. The van der Waals surface area contributed by atoms with Crippen molar-refractivity contribution in [3.8, 4) is 0 Å². The van der Waals surface area contributed by atoms with Gasteiger partial charge in [0.2, 0.25) is 0 Å². The molecule has 24 heavy (non-hydrogen) atoms. The van der Waals surface area contributed by atoms with Crippen molar-refractivity contribution in [2.24, 2.45) is 0 Å². The molecule has 0 spiro atoms. The van der Waals surface area contributed by atoms with Crippen LogP contribution in [0.4, 0.5) is 0 Å². The minimum Gasteiger partial charge on any atom is -0.459 e. The van der Waals surface area contributed by atoms with Gasteiger partial charge in [-0.15, -0.1) is 0 Å². The molecule has 2 aliphatic carbocycles. The number of carbonyl (C=O) groups is 2. The lowest BCUT2D eigenvalue weighted by Crippen LogP contribution is -2.21. The summed E-state index contributed by atoms with van der Waals surface area (Å²) in [5, 5.41) is 0. The minimum absolute atomic E-state index is 0.0437. The molecule has 0 heterocycles. The summed E-state index contributed by atoms with van der Waals surface area (Å²) in [6.45, 7) is 0. The quantitative estimate of drug-likeness (QED) is 0.753. The molecule has 0 unspecified atom stereocenters. The highest BCUT2D eigenvalue weighted by molar-refractivity contribution is 5.93. The van der Waals surface area contributed by atoms with E-state index in [2.05, 4.69) is 0 Å². The summed E-state index contributed by atoms with van der Waals surface area (Å²) in [4.78, 5) is 24.3. The van der Waals surface area contributed by atoms with E-state index in [-0.39, 0.29) is 24.1 Å². The fourth-order valence-electron chi connectivity index (χ4n) is 3.55. The summed E-state index contributed by atoms with van der Waals surface area (Å²) in [6.07, 6.45) is 10.9. The third-order valence-corrected chi connectivity index (χ3v) is 5.01. The molecule has 3 rings (SSSR count). The van der Waals surface area contributed by atoms with Crippen molar-refractivity contribution in [2.45, 2.75) is 76.4 Å². The van der Waals surface area contributed by atoms with Crippen LogP contribution in [-0.4, -0.2) is 24.1 Å². The Kier molecular flexibility index (Phi) is 5.89. The van der Waals surface area contributed by atoms with Crippen molar-refractivity contribution in [3.63, 3.8) is 0 Å². The predicted octanol–water partition coefficient (Wildman–Crippen LogP) is 4.67.